The third-order valence-corrected chi connectivity index (χ3v) is 4.52. The van der Waals surface area contributed by atoms with Gasteiger partial charge in [0.1, 0.15) is 5.76 Å². The Balaban J connectivity index is 1.66. The van der Waals surface area contributed by atoms with Gasteiger partial charge in [0.2, 0.25) is 0 Å². The molecule has 0 aromatic carbocycles. The Bertz CT molecular complexity index is 530. The van der Waals surface area contributed by atoms with Crippen LogP contribution in [0.1, 0.15) is 34.3 Å². The largest absolute Gasteiger partial charge is 0.468 e. The molecule has 0 aliphatic carbocycles. The number of furan rings is 1. The lowest BCUT2D eigenvalue weighted by Gasteiger charge is -2.25. The summed E-state index contributed by atoms with van der Waals surface area (Å²) < 4.78 is 5.54. The van der Waals surface area contributed by atoms with Crippen LogP contribution in [0.2, 0.25) is 0 Å². The lowest BCUT2D eigenvalue weighted by atomic mass is 10.2. The van der Waals surface area contributed by atoms with E-state index in [1.807, 2.05) is 29.6 Å². The van der Waals surface area contributed by atoms with Crippen LogP contribution >= 0.6 is 11.3 Å². The third kappa shape index (κ3) is 2.94. The molecule has 1 fully saturated rings. The van der Waals surface area contributed by atoms with Crippen LogP contribution in [0.3, 0.4) is 0 Å². The zero-order chi connectivity index (χ0) is 13.8. The van der Waals surface area contributed by atoms with Crippen molar-refractivity contribution in [3.8, 4) is 0 Å². The normalized spacial score (nSPS) is 17.2. The van der Waals surface area contributed by atoms with Gasteiger partial charge in [-0.15, -0.1) is 11.3 Å². The highest BCUT2D eigenvalue weighted by atomic mass is 32.1. The molecular weight excluding hydrogens is 272 g/mol. The number of nitrogens with zero attached hydrogens (tertiary/aromatic N) is 1. The van der Waals surface area contributed by atoms with Crippen LogP contribution < -0.4 is 5.32 Å². The third-order valence-electron chi connectivity index (χ3n) is 3.65. The van der Waals surface area contributed by atoms with Gasteiger partial charge in [0.05, 0.1) is 17.2 Å². The zero-order valence-electron chi connectivity index (χ0n) is 11.2. The summed E-state index contributed by atoms with van der Waals surface area (Å²) in [7, 11) is 0. The van der Waals surface area contributed by atoms with Crippen molar-refractivity contribution in [1.29, 1.82) is 0 Å². The second-order valence-electron chi connectivity index (χ2n) is 4.96. The van der Waals surface area contributed by atoms with Gasteiger partial charge in [-0.05, 0) is 49.5 Å². The summed E-state index contributed by atoms with van der Waals surface area (Å²) in [5.41, 5.74) is 0. The van der Waals surface area contributed by atoms with Crippen molar-refractivity contribution in [2.75, 3.05) is 19.6 Å². The maximum absolute atomic E-state index is 12.0. The first-order valence-electron chi connectivity index (χ1n) is 6.94. The molecule has 0 spiro atoms. The lowest BCUT2D eigenvalue weighted by Crippen LogP contribution is -2.36. The first kappa shape index (κ1) is 13.4. The molecule has 1 aliphatic heterocycles. The minimum absolute atomic E-state index is 0.00393. The summed E-state index contributed by atoms with van der Waals surface area (Å²) >= 11 is 1.46. The lowest BCUT2D eigenvalue weighted by molar-refractivity contribution is 0.0938. The van der Waals surface area contributed by atoms with Gasteiger partial charge in [-0.2, -0.15) is 0 Å². The number of hydrogen-bond acceptors (Lipinski definition) is 4. The molecule has 1 amide bonds. The van der Waals surface area contributed by atoms with Crippen molar-refractivity contribution in [2.24, 2.45) is 0 Å². The van der Waals surface area contributed by atoms with E-state index in [1.54, 1.807) is 6.26 Å². The maximum atomic E-state index is 12.0. The highest BCUT2D eigenvalue weighted by molar-refractivity contribution is 7.12. The zero-order valence-corrected chi connectivity index (χ0v) is 12.1. The van der Waals surface area contributed by atoms with E-state index in [4.69, 9.17) is 4.42 Å². The summed E-state index contributed by atoms with van der Waals surface area (Å²) in [6.45, 7) is 2.73. The van der Waals surface area contributed by atoms with E-state index in [2.05, 4.69) is 10.2 Å². The highest BCUT2D eigenvalue weighted by Crippen LogP contribution is 2.25. The Kier molecular flexibility index (Phi) is 4.18. The van der Waals surface area contributed by atoms with E-state index in [1.165, 1.54) is 24.2 Å². The highest BCUT2D eigenvalue weighted by Gasteiger charge is 2.26. The molecule has 1 aliphatic rings. The summed E-state index contributed by atoms with van der Waals surface area (Å²) in [5.74, 6) is 0.925. The van der Waals surface area contributed by atoms with Crippen LogP contribution in [-0.4, -0.2) is 30.4 Å². The first-order valence-corrected chi connectivity index (χ1v) is 7.82. The summed E-state index contributed by atoms with van der Waals surface area (Å²) in [6.07, 6.45) is 4.13. The minimum Gasteiger partial charge on any atom is -0.468 e. The smallest absolute Gasteiger partial charge is 0.261 e. The number of likely N-dealkylation sites (tertiary alicyclic amines) is 1. The molecule has 106 valence electrons. The van der Waals surface area contributed by atoms with Gasteiger partial charge in [-0.1, -0.05) is 6.07 Å². The maximum Gasteiger partial charge on any atom is 0.261 e. The fourth-order valence-electron chi connectivity index (χ4n) is 2.63. The van der Waals surface area contributed by atoms with Crippen molar-refractivity contribution >= 4 is 17.2 Å². The van der Waals surface area contributed by atoms with E-state index in [0.29, 0.717) is 6.54 Å². The first-order chi connectivity index (χ1) is 9.84. The van der Waals surface area contributed by atoms with E-state index in [0.717, 1.165) is 23.7 Å². The summed E-state index contributed by atoms with van der Waals surface area (Å²) in [6, 6.07) is 7.76. The average Bonchev–Trinajstić information content (AvgIpc) is 3.22. The second-order valence-corrected chi connectivity index (χ2v) is 5.91. The molecular formula is C15H18N2O2S. The number of rotatable bonds is 5. The molecule has 0 bridgehead atoms. The topological polar surface area (TPSA) is 45.5 Å². The molecule has 0 unspecified atom stereocenters. The molecule has 0 saturated carbocycles. The Morgan fingerprint density at radius 3 is 2.85 bits per heavy atom. The number of carbonyl (C=O) groups excluding carboxylic acids is 1. The van der Waals surface area contributed by atoms with Crippen LogP contribution in [0.5, 0.6) is 0 Å². The van der Waals surface area contributed by atoms with E-state index >= 15 is 0 Å². The minimum atomic E-state index is -0.00393. The monoisotopic (exact) mass is 290 g/mol. The van der Waals surface area contributed by atoms with E-state index in [9.17, 15) is 4.79 Å². The van der Waals surface area contributed by atoms with Crippen molar-refractivity contribution in [1.82, 2.24) is 10.2 Å². The Morgan fingerprint density at radius 1 is 1.35 bits per heavy atom. The van der Waals surface area contributed by atoms with Crippen molar-refractivity contribution < 1.29 is 9.21 Å². The van der Waals surface area contributed by atoms with Crippen LogP contribution in [0.15, 0.2) is 40.3 Å². The number of thiophene rings is 1. The molecule has 1 saturated heterocycles. The van der Waals surface area contributed by atoms with Gasteiger partial charge in [-0.3, -0.25) is 9.69 Å². The molecule has 2 aromatic rings. The molecule has 1 atom stereocenters. The fraction of sp³-hybridized carbons (Fsp3) is 0.400. The van der Waals surface area contributed by atoms with Gasteiger partial charge < -0.3 is 9.73 Å². The number of carbonyl (C=O) groups is 1. The molecule has 5 heteroatoms. The number of nitrogens with one attached hydrogen (secondary N) is 1. The van der Waals surface area contributed by atoms with E-state index < -0.39 is 0 Å². The average molecular weight is 290 g/mol. The molecule has 2 aromatic heterocycles. The van der Waals surface area contributed by atoms with Crippen LogP contribution in [0.4, 0.5) is 0 Å². The van der Waals surface area contributed by atoms with Crippen molar-refractivity contribution in [2.45, 2.75) is 18.9 Å². The predicted octanol–water partition coefficient (Wildman–Crippen LogP) is 2.91. The fourth-order valence-corrected chi connectivity index (χ4v) is 3.27. The Hall–Kier alpha value is -1.59. The van der Waals surface area contributed by atoms with Crippen LogP contribution in [-0.2, 0) is 0 Å². The number of amides is 1. The van der Waals surface area contributed by atoms with E-state index in [-0.39, 0.29) is 11.9 Å². The number of hydrogen-bond donors (Lipinski definition) is 1. The summed E-state index contributed by atoms with van der Waals surface area (Å²) in [4.78, 5) is 15.2. The SMILES string of the molecule is O=C(NC[C@@H](c1ccco1)N1CCCC1)c1cccs1. The van der Waals surface area contributed by atoms with Crippen LogP contribution in [0.25, 0.3) is 0 Å². The second kappa shape index (κ2) is 6.24. The van der Waals surface area contributed by atoms with Crippen molar-refractivity contribution in [3.63, 3.8) is 0 Å². The van der Waals surface area contributed by atoms with Gasteiger partial charge >= 0.3 is 0 Å². The molecule has 20 heavy (non-hydrogen) atoms. The summed E-state index contributed by atoms with van der Waals surface area (Å²) in [5, 5.41) is 4.94. The Morgan fingerprint density at radius 2 is 2.20 bits per heavy atom. The van der Waals surface area contributed by atoms with Gasteiger partial charge in [0.15, 0.2) is 0 Å². The molecule has 3 rings (SSSR count). The predicted molar refractivity (Wildman–Crippen MR) is 78.9 cm³/mol. The standard InChI is InChI=1S/C15H18N2O2S/c18-15(14-6-4-10-20-14)16-11-12(13-5-3-9-19-13)17-7-1-2-8-17/h3-6,9-10,12H,1-2,7-8,11H2,(H,16,18)/t12-/m0/s1. The van der Waals surface area contributed by atoms with Gasteiger partial charge in [0.25, 0.3) is 5.91 Å². The molecule has 4 nitrogen and oxygen atoms in total. The van der Waals surface area contributed by atoms with Gasteiger partial charge in [0, 0.05) is 6.54 Å². The van der Waals surface area contributed by atoms with Crippen molar-refractivity contribution in [3.05, 3.63) is 46.5 Å². The van der Waals surface area contributed by atoms with Crippen LogP contribution in [0, 0.1) is 0 Å². The van der Waals surface area contributed by atoms with Gasteiger partial charge in [-0.25, -0.2) is 0 Å². The Labute approximate surface area is 122 Å². The molecule has 1 N–H and O–H groups in total. The molecule has 0 radical (unpaired) electrons. The quantitative estimate of drug-likeness (QED) is 0.921. The molecule has 3 heterocycles.